The number of methoxy groups -OCH3 is 1. The molecule has 2 unspecified atom stereocenters. The molecule has 5 heteroatoms. The minimum Gasteiger partial charge on any atom is -0.497 e. The molecule has 1 amide bonds. The van der Waals surface area contributed by atoms with E-state index in [1.165, 1.54) is 0 Å². The number of hydrogen-bond acceptors (Lipinski definition) is 3. The van der Waals surface area contributed by atoms with Crippen molar-refractivity contribution in [3.8, 4) is 5.75 Å². The molecule has 2 atom stereocenters. The van der Waals surface area contributed by atoms with Crippen LogP contribution in [0.25, 0.3) is 5.57 Å². The Morgan fingerprint density at radius 3 is 1.91 bits per heavy atom. The molecular weight excluding hydrogens is 402 g/mol. The highest BCUT2D eigenvalue weighted by Crippen LogP contribution is 2.77. The molecule has 0 fully saturated rings. The monoisotopic (exact) mass is 439 g/mol. The van der Waals surface area contributed by atoms with Crippen LogP contribution in [-0.4, -0.2) is 42.1 Å². The van der Waals surface area contributed by atoms with Crippen molar-refractivity contribution in [1.82, 2.24) is 4.90 Å². The zero-order chi connectivity index (χ0) is 24.1. The molecule has 0 aliphatic heterocycles. The second-order valence-corrected chi connectivity index (χ2v) is 9.95. The third-order valence-electron chi connectivity index (χ3n) is 8.46. The minimum absolute atomic E-state index is 0.135. The lowest BCUT2D eigenvalue weighted by atomic mass is 9.59. The molecule has 0 saturated carbocycles. The van der Waals surface area contributed by atoms with Gasteiger partial charge in [-0.15, -0.1) is 0 Å². The zero-order valence-corrected chi connectivity index (χ0v) is 20.8. The molecule has 0 aromatic heterocycles. The van der Waals surface area contributed by atoms with Crippen molar-refractivity contribution in [3.05, 3.63) is 46.5 Å². The predicted molar refractivity (Wildman–Crippen MR) is 127 cm³/mol. The van der Waals surface area contributed by atoms with Gasteiger partial charge in [0.05, 0.1) is 12.7 Å². The van der Waals surface area contributed by atoms with Gasteiger partial charge in [-0.3, -0.25) is 4.79 Å². The number of rotatable bonds is 8. The average Bonchev–Trinajstić information content (AvgIpc) is 2.96. The van der Waals surface area contributed by atoms with E-state index in [0.29, 0.717) is 18.7 Å². The van der Waals surface area contributed by atoms with Crippen LogP contribution >= 0.6 is 0 Å². The van der Waals surface area contributed by atoms with E-state index in [2.05, 4.69) is 20.8 Å². The van der Waals surface area contributed by atoms with Gasteiger partial charge in [0.15, 0.2) is 0 Å². The minimum atomic E-state index is -0.992. The molecular formula is C27H37NO4. The summed E-state index contributed by atoms with van der Waals surface area (Å²) in [5.74, 6) is -0.362. The van der Waals surface area contributed by atoms with E-state index in [0.717, 1.165) is 35.3 Å². The quantitative estimate of drug-likeness (QED) is 0.575. The molecule has 1 N–H and O–H groups in total. The maximum atomic E-state index is 14.0. The number of carbonyl (C=O) groups excluding carboxylic acids is 1. The number of amides is 1. The van der Waals surface area contributed by atoms with E-state index in [9.17, 15) is 14.7 Å². The summed E-state index contributed by atoms with van der Waals surface area (Å²) in [4.78, 5) is 28.5. The maximum Gasteiger partial charge on any atom is 0.333 e. The highest BCUT2D eigenvalue weighted by Gasteiger charge is 2.72. The Kier molecular flexibility index (Phi) is 6.09. The SMILES string of the molecule is CCCN(CCC)C(=O)C1=C(C(=O)O)C2(C)C(C)=C(c3ccc(OC)cc3)C1(C)C2(C)C. The fourth-order valence-electron chi connectivity index (χ4n) is 6.26. The van der Waals surface area contributed by atoms with Crippen LogP contribution in [0.1, 0.15) is 66.9 Å². The van der Waals surface area contributed by atoms with E-state index < -0.39 is 22.2 Å². The molecule has 2 aliphatic rings. The number of carboxylic acids is 1. The number of allylic oxidation sites excluding steroid dienone is 2. The Bertz CT molecular complexity index is 995. The maximum absolute atomic E-state index is 14.0. The van der Waals surface area contributed by atoms with Gasteiger partial charge in [0.25, 0.3) is 5.91 Å². The Morgan fingerprint density at radius 2 is 1.47 bits per heavy atom. The second-order valence-electron chi connectivity index (χ2n) is 9.95. The summed E-state index contributed by atoms with van der Waals surface area (Å²) < 4.78 is 5.34. The highest BCUT2D eigenvalue weighted by atomic mass is 16.5. The van der Waals surface area contributed by atoms with Crippen LogP contribution in [-0.2, 0) is 9.59 Å². The fourth-order valence-corrected chi connectivity index (χ4v) is 6.26. The smallest absolute Gasteiger partial charge is 0.333 e. The molecule has 0 heterocycles. The Labute approximate surface area is 192 Å². The average molecular weight is 440 g/mol. The van der Waals surface area contributed by atoms with Crippen LogP contribution in [0, 0.1) is 16.2 Å². The largest absolute Gasteiger partial charge is 0.497 e. The number of benzene rings is 1. The van der Waals surface area contributed by atoms with Crippen molar-refractivity contribution in [2.45, 2.75) is 61.3 Å². The van der Waals surface area contributed by atoms with E-state index in [1.54, 1.807) is 7.11 Å². The zero-order valence-electron chi connectivity index (χ0n) is 20.8. The van der Waals surface area contributed by atoms with Gasteiger partial charge in [-0.05, 0) is 48.4 Å². The van der Waals surface area contributed by atoms with Crippen molar-refractivity contribution in [2.24, 2.45) is 16.2 Å². The van der Waals surface area contributed by atoms with E-state index in [1.807, 2.05) is 56.9 Å². The molecule has 3 rings (SSSR count). The van der Waals surface area contributed by atoms with Crippen LogP contribution in [0.2, 0.25) is 0 Å². The fraction of sp³-hybridized carbons (Fsp3) is 0.556. The van der Waals surface area contributed by atoms with Gasteiger partial charge in [0.2, 0.25) is 0 Å². The lowest BCUT2D eigenvalue weighted by Gasteiger charge is -2.43. The topological polar surface area (TPSA) is 66.8 Å². The third kappa shape index (κ3) is 2.89. The first kappa shape index (κ1) is 24.1. The first-order valence-corrected chi connectivity index (χ1v) is 11.6. The molecule has 1 aromatic rings. The molecule has 0 radical (unpaired) electrons. The molecule has 32 heavy (non-hydrogen) atoms. The molecule has 2 aliphatic carbocycles. The summed E-state index contributed by atoms with van der Waals surface area (Å²) in [6.07, 6.45) is 1.66. The van der Waals surface area contributed by atoms with Gasteiger partial charge in [-0.25, -0.2) is 4.79 Å². The Hall–Kier alpha value is -2.56. The summed E-state index contributed by atoms with van der Waals surface area (Å²) in [7, 11) is 1.64. The first-order chi connectivity index (χ1) is 14.9. The van der Waals surface area contributed by atoms with Crippen molar-refractivity contribution in [3.63, 3.8) is 0 Å². The number of carboxylic acid groups (broad SMARTS) is 1. The Morgan fingerprint density at radius 1 is 0.938 bits per heavy atom. The number of ether oxygens (including phenoxy) is 1. The van der Waals surface area contributed by atoms with Crippen molar-refractivity contribution < 1.29 is 19.4 Å². The van der Waals surface area contributed by atoms with Crippen LogP contribution in [0.15, 0.2) is 41.0 Å². The van der Waals surface area contributed by atoms with Crippen LogP contribution in [0.4, 0.5) is 0 Å². The van der Waals surface area contributed by atoms with E-state index in [4.69, 9.17) is 4.74 Å². The van der Waals surface area contributed by atoms with Crippen LogP contribution in [0.3, 0.4) is 0 Å². The molecule has 2 bridgehead atoms. The number of aliphatic carboxylic acids is 1. The van der Waals surface area contributed by atoms with Gasteiger partial charge in [-0.1, -0.05) is 59.2 Å². The molecule has 1 aromatic carbocycles. The molecule has 0 saturated heterocycles. The van der Waals surface area contributed by atoms with Gasteiger partial charge in [-0.2, -0.15) is 0 Å². The number of carbonyl (C=O) groups is 2. The molecule has 5 nitrogen and oxygen atoms in total. The molecule has 174 valence electrons. The third-order valence-corrected chi connectivity index (χ3v) is 8.46. The Balaban J connectivity index is 2.31. The van der Waals surface area contributed by atoms with E-state index in [-0.39, 0.29) is 11.5 Å². The summed E-state index contributed by atoms with van der Waals surface area (Å²) >= 11 is 0. The normalized spacial score (nSPS) is 26.0. The molecule has 0 spiro atoms. The second kappa shape index (κ2) is 8.09. The number of fused-ring (bicyclic) bond motifs is 2. The standard InChI is InChI=1S/C27H37NO4/c1-9-15-28(16-10-2)23(29)21-22(24(30)31)26(6)17(3)20(27(21,7)25(26,4)5)18-11-13-19(32-8)14-12-18/h11-14H,9-10,15-16H2,1-8H3,(H,30,31). The number of nitrogens with zero attached hydrogens (tertiary/aromatic N) is 1. The summed E-state index contributed by atoms with van der Waals surface area (Å²) in [6.45, 7) is 15.7. The lowest BCUT2D eigenvalue weighted by Crippen LogP contribution is -2.42. The first-order valence-electron chi connectivity index (χ1n) is 11.6. The van der Waals surface area contributed by atoms with Gasteiger partial charge >= 0.3 is 5.97 Å². The summed E-state index contributed by atoms with van der Waals surface area (Å²) in [5.41, 5.74) is 1.86. The van der Waals surface area contributed by atoms with Crippen molar-refractivity contribution >= 4 is 17.4 Å². The van der Waals surface area contributed by atoms with Gasteiger partial charge in [0.1, 0.15) is 5.75 Å². The van der Waals surface area contributed by atoms with Gasteiger partial charge in [0, 0.05) is 29.5 Å². The van der Waals surface area contributed by atoms with Crippen LogP contribution < -0.4 is 4.74 Å². The van der Waals surface area contributed by atoms with Crippen molar-refractivity contribution in [1.29, 1.82) is 0 Å². The van der Waals surface area contributed by atoms with Crippen molar-refractivity contribution in [2.75, 3.05) is 20.2 Å². The predicted octanol–water partition coefficient (Wildman–Crippen LogP) is 5.56. The summed E-state index contributed by atoms with van der Waals surface area (Å²) in [5, 5.41) is 10.4. The summed E-state index contributed by atoms with van der Waals surface area (Å²) in [6, 6.07) is 7.87. The van der Waals surface area contributed by atoms with Crippen LogP contribution in [0.5, 0.6) is 5.75 Å². The lowest BCUT2D eigenvalue weighted by molar-refractivity contribution is -0.135. The highest BCUT2D eigenvalue weighted by molar-refractivity contribution is 6.11. The van der Waals surface area contributed by atoms with E-state index >= 15 is 0 Å². The number of hydrogen-bond donors (Lipinski definition) is 1. The van der Waals surface area contributed by atoms with Gasteiger partial charge < -0.3 is 14.7 Å².